The van der Waals surface area contributed by atoms with Crippen LogP contribution in [-0.4, -0.2) is 36.2 Å². The molecule has 0 atom stereocenters. The van der Waals surface area contributed by atoms with E-state index in [-0.39, 0.29) is 5.82 Å². The molecule has 0 bridgehead atoms. The number of aromatic nitrogens is 1. The maximum absolute atomic E-state index is 5.82. The Morgan fingerprint density at radius 1 is 1.08 bits per heavy atom. The summed E-state index contributed by atoms with van der Waals surface area (Å²) >= 11 is 0. The van der Waals surface area contributed by atoms with Crippen molar-refractivity contribution >= 4 is 23.0 Å². The minimum atomic E-state index is 0.263. The molecule has 0 radical (unpaired) electrons. The van der Waals surface area contributed by atoms with Crippen molar-refractivity contribution in [3.63, 3.8) is 0 Å². The van der Waals surface area contributed by atoms with Crippen LogP contribution in [0.1, 0.15) is 5.56 Å². The first-order chi connectivity index (χ1) is 12.1. The number of morpholine rings is 1. The maximum Gasteiger partial charge on any atom is 0.153 e. The molecule has 0 amide bonds. The molecule has 130 valence electrons. The van der Waals surface area contributed by atoms with E-state index in [9.17, 15) is 0 Å². The number of benzene rings is 1. The van der Waals surface area contributed by atoms with E-state index in [1.165, 1.54) is 0 Å². The number of allylic oxidation sites excluding steroid dienone is 1. The van der Waals surface area contributed by atoms with Gasteiger partial charge in [-0.25, -0.2) is 4.98 Å². The fraction of sp³-hybridized carbons (Fsp3) is 0.278. The van der Waals surface area contributed by atoms with Gasteiger partial charge in [0.05, 0.1) is 18.9 Å². The summed E-state index contributed by atoms with van der Waals surface area (Å²) in [5, 5.41) is 8.56. The molecule has 0 aliphatic carbocycles. The van der Waals surface area contributed by atoms with Crippen molar-refractivity contribution in [2.24, 2.45) is 10.2 Å². The summed E-state index contributed by atoms with van der Waals surface area (Å²) in [4.78, 5) is 6.24. The lowest BCUT2D eigenvalue weighted by Crippen LogP contribution is -2.35. The fourth-order valence-electron chi connectivity index (χ4n) is 2.64. The Labute approximate surface area is 147 Å². The Balaban J connectivity index is 1.76. The average molecular weight is 338 g/mol. The van der Waals surface area contributed by atoms with Crippen molar-refractivity contribution in [2.45, 2.75) is 6.42 Å². The third kappa shape index (κ3) is 4.33. The summed E-state index contributed by atoms with van der Waals surface area (Å²) in [6.45, 7) is 7.43. The van der Waals surface area contributed by atoms with Crippen LogP contribution in [0.4, 0.5) is 23.0 Å². The first-order valence-corrected chi connectivity index (χ1v) is 8.15. The van der Waals surface area contributed by atoms with Gasteiger partial charge in [-0.15, -0.1) is 5.11 Å². The van der Waals surface area contributed by atoms with Crippen LogP contribution in [0.2, 0.25) is 0 Å². The predicted octanol–water partition coefficient (Wildman–Crippen LogP) is 3.05. The van der Waals surface area contributed by atoms with Crippen molar-refractivity contribution in [3.8, 4) is 0 Å². The van der Waals surface area contributed by atoms with Crippen LogP contribution < -0.4 is 11.5 Å². The summed E-state index contributed by atoms with van der Waals surface area (Å²) in [6, 6.07) is 11.2. The van der Waals surface area contributed by atoms with E-state index in [0.29, 0.717) is 17.9 Å². The summed E-state index contributed by atoms with van der Waals surface area (Å²) < 4.78 is 5.39. The maximum atomic E-state index is 5.82. The largest absolute Gasteiger partial charge is 0.384 e. The molecule has 4 N–H and O–H groups in total. The third-order valence-electron chi connectivity index (χ3n) is 4.03. The number of hydrogen-bond acceptors (Lipinski definition) is 7. The van der Waals surface area contributed by atoms with E-state index < -0.39 is 0 Å². The predicted molar refractivity (Wildman–Crippen MR) is 98.9 cm³/mol. The molecule has 0 spiro atoms. The van der Waals surface area contributed by atoms with E-state index in [1.54, 1.807) is 12.1 Å². The normalized spacial score (nSPS) is 14.8. The number of nitrogen functional groups attached to an aromatic ring is 2. The van der Waals surface area contributed by atoms with Crippen molar-refractivity contribution in [1.29, 1.82) is 0 Å². The average Bonchev–Trinajstić information content (AvgIpc) is 2.63. The van der Waals surface area contributed by atoms with Gasteiger partial charge in [-0.3, -0.25) is 0 Å². The van der Waals surface area contributed by atoms with Crippen LogP contribution in [-0.2, 0) is 11.2 Å². The Kier molecular flexibility index (Phi) is 5.25. The van der Waals surface area contributed by atoms with E-state index in [2.05, 4.69) is 26.7 Å². The quantitative estimate of drug-likeness (QED) is 0.816. The van der Waals surface area contributed by atoms with E-state index in [4.69, 9.17) is 16.2 Å². The van der Waals surface area contributed by atoms with Gasteiger partial charge < -0.3 is 21.1 Å². The second-order valence-corrected chi connectivity index (χ2v) is 5.81. The third-order valence-corrected chi connectivity index (χ3v) is 4.03. The summed E-state index contributed by atoms with van der Waals surface area (Å²) in [5.74, 6) is 0.623. The molecule has 3 rings (SSSR count). The molecule has 1 aliphatic rings. The van der Waals surface area contributed by atoms with Crippen molar-refractivity contribution < 1.29 is 4.74 Å². The molecule has 0 saturated carbocycles. The molecule has 7 nitrogen and oxygen atoms in total. The summed E-state index contributed by atoms with van der Waals surface area (Å²) in [7, 11) is 0. The number of nitrogens with zero attached hydrogens (tertiary/aromatic N) is 4. The van der Waals surface area contributed by atoms with Crippen molar-refractivity contribution in [3.05, 3.63) is 54.2 Å². The minimum absolute atomic E-state index is 0.263. The second kappa shape index (κ2) is 7.76. The molecule has 1 fully saturated rings. The van der Waals surface area contributed by atoms with E-state index in [1.807, 2.05) is 24.3 Å². The molecule has 1 saturated heterocycles. The molecule has 2 aromatic rings. The molecule has 0 unspecified atom stereocenters. The Bertz CT molecular complexity index is 783. The zero-order valence-electron chi connectivity index (χ0n) is 14.1. The topological polar surface area (TPSA) is 102 Å². The van der Waals surface area contributed by atoms with Gasteiger partial charge >= 0.3 is 0 Å². The highest BCUT2D eigenvalue weighted by molar-refractivity contribution is 5.60. The van der Waals surface area contributed by atoms with Crippen molar-refractivity contribution in [2.75, 3.05) is 37.8 Å². The highest BCUT2D eigenvalue weighted by Crippen LogP contribution is 2.27. The molecule has 1 aromatic carbocycles. The molecular weight excluding hydrogens is 316 g/mol. The number of nitrogens with two attached hydrogens (primary N) is 2. The van der Waals surface area contributed by atoms with Crippen LogP contribution in [0.5, 0.6) is 0 Å². The van der Waals surface area contributed by atoms with Crippen LogP contribution in [0.3, 0.4) is 0 Å². The van der Waals surface area contributed by atoms with Crippen LogP contribution >= 0.6 is 0 Å². The van der Waals surface area contributed by atoms with Gasteiger partial charge in [0.15, 0.2) is 5.82 Å². The van der Waals surface area contributed by atoms with Gasteiger partial charge in [0.25, 0.3) is 0 Å². The van der Waals surface area contributed by atoms with E-state index in [0.717, 1.165) is 43.3 Å². The number of pyridine rings is 1. The molecule has 2 heterocycles. The number of hydrogen-bond donors (Lipinski definition) is 2. The summed E-state index contributed by atoms with van der Waals surface area (Å²) in [5.41, 5.74) is 14.8. The van der Waals surface area contributed by atoms with Gasteiger partial charge in [0, 0.05) is 25.2 Å². The van der Waals surface area contributed by atoms with Gasteiger partial charge in [-0.2, -0.15) is 5.11 Å². The van der Waals surface area contributed by atoms with Gasteiger partial charge in [-0.05, 0) is 23.8 Å². The van der Waals surface area contributed by atoms with Gasteiger partial charge in [0.2, 0.25) is 0 Å². The minimum Gasteiger partial charge on any atom is -0.384 e. The zero-order chi connectivity index (χ0) is 17.6. The highest BCUT2D eigenvalue weighted by Gasteiger charge is 2.13. The summed E-state index contributed by atoms with van der Waals surface area (Å²) in [6.07, 6.45) is 0.713. The van der Waals surface area contributed by atoms with Crippen LogP contribution in [0.15, 0.2) is 58.9 Å². The fourth-order valence-corrected chi connectivity index (χ4v) is 2.64. The lowest BCUT2D eigenvalue weighted by Gasteiger charge is -2.30. The standard InChI is InChI=1S/C18H22N6O/c1-13(24-8-10-25-11-9-24)12-14-4-2-3-5-15(14)22-23-16-6-7-17(19)21-18(16)20/h2-7H,1,8-12H2,(H4,19,20,21). The lowest BCUT2D eigenvalue weighted by atomic mass is 10.1. The lowest BCUT2D eigenvalue weighted by molar-refractivity contribution is 0.0529. The van der Waals surface area contributed by atoms with Crippen LogP contribution in [0.25, 0.3) is 0 Å². The van der Waals surface area contributed by atoms with Crippen LogP contribution in [0, 0.1) is 0 Å². The first-order valence-electron chi connectivity index (χ1n) is 8.15. The zero-order valence-corrected chi connectivity index (χ0v) is 14.1. The highest BCUT2D eigenvalue weighted by atomic mass is 16.5. The monoisotopic (exact) mass is 338 g/mol. The van der Waals surface area contributed by atoms with Gasteiger partial charge in [-0.1, -0.05) is 24.8 Å². The number of anilines is 2. The number of azo groups is 1. The number of ether oxygens (including phenoxy) is 1. The SMILES string of the molecule is C=C(Cc1ccccc1N=Nc1ccc(N)nc1N)N1CCOCC1. The Morgan fingerprint density at radius 2 is 1.80 bits per heavy atom. The number of rotatable bonds is 5. The first kappa shape index (κ1) is 16.9. The smallest absolute Gasteiger partial charge is 0.153 e. The molecule has 7 heteroatoms. The van der Waals surface area contributed by atoms with E-state index >= 15 is 0 Å². The van der Waals surface area contributed by atoms with Gasteiger partial charge in [0.1, 0.15) is 11.5 Å². The Morgan fingerprint density at radius 3 is 2.56 bits per heavy atom. The molecule has 1 aliphatic heterocycles. The Hall–Kier alpha value is -2.93. The second-order valence-electron chi connectivity index (χ2n) is 5.81. The molecule has 25 heavy (non-hydrogen) atoms. The molecular formula is C18H22N6O. The van der Waals surface area contributed by atoms with Crippen molar-refractivity contribution in [1.82, 2.24) is 9.88 Å². The molecule has 1 aromatic heterocycles.